The molecule has 6 heteroatoms. The van der Waals surface area contributed by atoms with Crippen LogP contribution in [0, 0.1) is 0 Å². The highest BCUT2D eigenvalue weighted by atomic mass is 32.2. The van der Waals surface area contributed by atoms with Crippen molar-refractivity contribution in [2.75, 3.05) is 6.26 Å². The number of amides is 1. The highest BCUT2D eigenvalue weighted by molar-refractivity contribution is 7.88. The zero-order valence-electron chi connectivity index (χ0n) is 8.17. The van der Waals surface area contributed by atoms with Gasteiger partial charge in [-0.3, -0.25) is 4.79 Å². The van der Waals surface area contributed by atoms with Crippen LogP contribution in [0.25, 0.3) is 0 Å². The Morgan fingerprint density at radius 1 is 1.33 bits per heavy atom. The van der Waals surface area contributed by atoms with E-state index in [1.54, 1.807) is 30.3 Å². The van der Waals surface area contributed by atoms with Crippen molar-refractivity contribution < 1.29 is 13.2 Å². The van der Waals surface area contributed by atoms with E-state index in [1.807, 2.05) is 0 Å². The van der Waals surface area contributed by atoms with Gasteiger partial charge in [-0.05, 0) is 5.56 Å². The van der Waals surface area contributed by atoms with Gasteiger partial charge in [0, 0.05) is 0 Å². The van der Waals surface area contributed by atoms with E-state index in [4.69, 9.17) is 5.73 Å². The Hall–Kier alpha value is -1.40. The molecular weight excluding hydrogens is 216 g/mol. The molecule has 1 rings (SSSR count). The van der Waals surface area contributed by atoms with Crippen LogP contribution in [0.15, 0.2) is 30.3 Å². The SMILES string of the molecule is CS(=O)(=O)NC(C(N)=O)c1ccccc1. The van der Waals surface area contributed by atoms with Crippen molar-refractivity contribution in [3.63, 3.8) is 0 Å². The molecule has 1 amide bonds. The number of rotatable bonds is 4. The van der Waals surface area contributed by atoms with E-state index >= 15 is 0 Å². The first-order valence-electron chi connectivity index (χ1n) is 4.22. The molecule has 1 unspecified atom stereocenters. The first kappa shape index (κ1) is 11.7. The molecule has 1 atom stereocenters. The van der Waals surface area contributed by atoms with E-state index in [0.29, 0.717) is 5.56 Å². The molecule has 0 aromatic heterocycles. The lowest BCUT2D eigenvalue weighted by molar-refractivity contribution is -0.119. The van der Waals surface area contributed by atoms with E-state index in [2.05, 4.69) is 4.72 Å². The lowest BCUT2D eigenvalue weighted by Gasteiger charge is -2.13. The van der Waals surface area contributed by atoms with Crippen LogP contribution in [-0.2, 0) is 14.8 Å². The number of hydrogen-bond donors (Lipinski definition) is 2. The summed E-state index contributed by atoms with van der Waals surface area (Å²) in [5, 5.41) is 0. The van der Waals surface area contributed by atoms with Crippen LogP contribution in [0.2, 0.25) is 0 Å². The Kier molecular flexibility index (Phi) is 3.43. The molecular formula is C9H12N2O3S. The average molecular weight is 228 g/mol. The quantitative estimate of drug-likeness (QED) is 0.745. The lowest BCUT2D eigenvalue weighted by atomic mass is 10.1. The van der Waals surface area contributed by atoms with Gasteiger partial charge in [-0.15, -0.1) is 0 Å². The largest absolute Gasteiger partial charge is 0.368 e. The average Bonchev–Trinajstić information content (AvgIpc) is 2.14. The number of benzene rings is 1. The number of primary amides is 1. The van der Waals surface area contributed by atoms with Gasteiger partial charge < -0.3 is 5.73 Å². The molecule has 5 nitrogen and oxygen atoms in total. The molecule has 0 fully saturated rings. The fraction of sp³-hybridized carbons (Fsp3) is 0.222. The molecule has 0 aliphatic rings. The lowest BCUT2D eigenvalue weighted by Crippen LogP contribution is -2.36. The summed E-state index contributed by atoms with van der Waals surface area (Å²) in [6.07, 6.45) is 0.978. The highest BCUT2D eigenvalue weighted by Gasteiger charge is 2.20. The van der Waals surface area contributed by atoms with Crippen molar-refractivity contribution in [2.45, 2.75) is 6.04 Å². The van der Waals surface area contributed by atoms with E-state index in [-0.39, 0.29) is 0 Å². The molecule has 0 aliphatic heterocycles. The van der Waals surface area contributed by atoms with Crippen molar-refractivity contribution >= 4 is 15.9 Å². The molecule has 0 radical (unpaired) electrons. The smallest absolute Gasteiger partial charge is 0.240 e. The summed E-state index contributed by atoms with van der Waals surface area (Å²) in [7, 11) is -3.47. The topological polar surface area (TPSA) is 89.3 Å². The first-order chi connectivity index (χ1) is 6.90. The van der Waals surface area contributed by atoms with Crippen LogP contribution in [0.4, 0.5) is 0 Å². The van der Waals surface area contributed by atoms with Crippen LogP contribution < -0.4 is 10.5 Å². The van der Waals surface area contributed by atoms with Gasteiger partial charge in [0.25, 0.3) is 0 Å². The minimum Gasteiger partial charge on any atom is -0.368 e. The fourth-order valence-corrected chi connectivity index (χ4v) is 1.83. The Labute approximate surface area is 88.3 Å². The molecule has 0 aliphatic carbocycles. The first-order valence-corrected chi connectivity index (χ1v) is 6.11. The van der Waals surface area contributed by atoms with Crippen LogP contribution >= 0.6 is 0 Å². The zero-order valence-corrected chi connectivity index (χ0v) is 8.99. The number of nitrogens with two attached hydrogens (primary N) is 1. The standard InChI is InChI=1S/C9H12N2O3S/c1-15(13,14)11-8(9(10)12)7-5-3-2-4-6-7/h2-6,8,11H,1H3,(H2,10,12). The second-order valence-electron chi connectivity index (χ2n) is 3.14. The number of carbonyl (C=O) groups excluding carboxylic acids is 1. The monoisotopic (exact) mass is 228 g/mol. The summed E-state index contributed by atoms with van der Waals surface area (Å²) in [6, 6.07) is 7.43. The minimum atomic E-state index is -3.47. The maximum Gasteiger partial charge on any atom is 0.240 e. The van der Waals surface area contributed by atoms with Gasteiger partial charge in [-0.2, -0.15) is 4.72 Å². The van der Waals surface area contributed by atoms with Crippen LogP contribution in [-0.4, -0.2) is 20.6 Å². The fourth-order valence-electron chi connectivity index (χ4n) is 1.15. The number of nitrogens with one attached hydrogen (secondary N) is 1. The number of sulfonamides is 1. The van der Waals surface area contributed by atoms with Crippen molar-refractivity contribution in [3.05, 3.63) is 35.9 Å². The Morgan fingerprint density at radius 3 is 2.27 bits per heavy atom. The maximum absolute atomic E-state index is 11.1. The van der Waals surface area contributed by atoms with Gasteiger partial charge in [0.15, 0.2) is 0 Å². The molecule has 0 spiro atoms. The summed E-state index contributed by atoms with van der Waals surface area (Å²) < 4.78 is 24.2. The molecule has 1 aromatic carbocycles. The normalized spacial score (nSPS) is 13.4. The van der Waals surface area contributed by atoms with Gasteiger partial charge in [-0.1, -0.05) is 30.3 Å². The highest BCUT2D eigenvalue weighted by Crippen LogP contribution is 2.12. The summed E-state index contributed by atoms with van der Waals surface area (Å²) >= 11 is 0. The Morgan fingerprint density at radius 2 is 1.87 bits per heavy atom. The van der Waals surface area contributed by atoms with Crippen molar-refractivity contribution in [3.8, 4) is 0 Å². The summed E-state index contributed by atoms with van der Waals surface area (Å²) in [5.41, 5.74) is 5.63. The second-order valence-corrected chi connectivity index (χ2v) is 4.92. The van der Waals surface area contributed by atoms with Gasteiger partial charge >= 0.3 is 0 Å². The third-order valence-electron chi connectivity index (χ3n) is 1.75. The summed E-state index contributed by atoms with van der Waals surface area (Å²) in [6.45, 7) is 0. The van der Waals surface area contributed by atoms with E-state index in [1.165, 1.54) is 0 Å². The molecule has 3 N–H and O–H groups in total. The van der Waals surface area contributed by atoms with Gasteiger partial charge in [0.2, 0.25) is 15.9 Å². The number of carbonyl (C=O) groups is 1. The van der Waals surface area contributed by atoms with E-state index in [0.717, 1.165) is 6.26 Å². The third kappa shape index (κ3) is 3.69. The third-order valence-corrected chi connectivity index (χ3v) is 2.41. The maximum atomic E-state index is 11.1. The van der Waals surface area contributed by atoms with Crippen molar-refractivity contribution in [1.82, 2.24) is 4.72 Å². The molecule has 82 valence electrons. The predicted molar refractivity (Wildman–Crippen MR) is 56.4 cm³/mol. The molecule has 0 saturated carbocycles. The molecule has 15 heavy (non-hydrogen) atoms. The van der Waals surface area contributed by atoms with Gasteiger partial charge in [-0.25, -0.2) is 8.42 Å². The van der Waals surface area contributed by atoms with Gasteiger partial charge in [0.1, 0.15) is 6.04 Å². The van der Waals surface area contributed by atoms with Crippen LogP contribution in [0.3, 0.4) is 0 Å². The van der Waals surface area contributed by atoms with Crippen molar-refractivity contribution in [1.29, 1.82) is 0 Å². The second kappa shape index (κ2) is 4.41. The van der Waals surface area contributed by atoms with Gasteiger partial charge in [0.05, 0.1) is 6.26 Å². The van der Waals surface area contributed by atoms with Crippen LogP contribution in [0.1, 0.15) is 11.6 Å². The Bertz CT molecular complexity index is 442. The molecule has 0 heterocycles. The molecule has 0 bridgehead atoms. The summed E-state index contributed by atoms with van der Waals surface area (Å²) in [5.74, 6) is -0.730. The van der Waals surface area contributed by atoms with E-state index in [9.17, 15) is 13.2 Å². The number of hydrogen-bond acceptors (Lipinski definition) is 3. The minimum absolute atomic E-state index is 0.524. The van der Waals surface area contributed by atoms with Crippen molar-refractivity contribution in [2.24, 2.45) is 5.73 Å². The molecule has 0 saturated heterocycles. The molecule has 1 aromatic rings. The summed E-state index contributed by atoms with van der Waals surface area (Å²) in [4.78, 5) is 11.1. The predicted octanol–water partition coefficient (Wildman–Crippen LogP) is -0.238. The zero-order chi connectivity index (χ0) is 11.5. The van der Waals surface area contributed by atoms with E-state index < -0.39 is 22.0 Å². The van der Waals surface area contributed by atoms with Crippen LogP contribution in [0.5, 0.6) is 0 Å². The Balaban J connectivity index is 3.00.